The fraction of sp³-hybridized carbons (Fsp3) is 0.733. The molecule has 0 saturated heterocycles. The van der Waals surface area contributed by atoms with Crippen LogP contribution in [0.15, 0.2) is 4.99 Å². The molecule has 2 amide bonds. The minimum absolute atomic E-state index is 0.100. The van der Waals surface area contributed by atoms with Crippen molar-refractivity contribution < 1.29 is 24.6 Å². The van der Waals surface area contributed by atoms with Gasteiger partial charge in [0.2, 0.25) is 11.8 Å². The fourth-order valence-electron chi connectivity index (χ4n) is 2.03. The van der Waals surface area contributed by atoms with Crippen LogP contribution in [0.5, 0.6) is 0 Å². The third kappa shape index (κ3) is 8.62. The zero-order valence-electron chi connectivity index (χ0n) is 15.3. The number of carbonyl (C=O) groups is 3. The molecule has 0 bridgehead atoms. The predicted octanol–water partition coefficient (Wildman–Crippen LogP) is -2.54. The van der Waals surface area contributed by atoms with Gasteiger partial charge in [0.25, 0.3) is 0 Å². The highest BCUT2D eigenvalue weighted by atomic mass is 16.4. The molecule has 4 unspecified atom stereocenters. The molecule has 0 aromatic rings. The summed E-state index contributed by atoms with van der Waals surface area (Å²) in [4.78, 5) is 39.5. The number of aliphatic carboxylic acids is 1. The number of guanidine groups is 1. The second kappa shape index (κ2) is 11.3. The van der Waals surface area contributed by atoms with E-state index in [0.29, 0.717) is 6.42 Å². The van der Waals surface area contributed by atoms with Gasteiger partial charge >= 0.3 is 5.97 Å². The van der Waals surface area contributed by atoms with Gasteiger partial charge in [-0.3, -0.25) is 14.6 Å². The van der Waals surface area contributed by atoms with Crippen LogP contribution in [0.25, 0.3) is 0 Å². The molecule has 0 saturated carbocycles. The van der Waals surface area contributed by atoms with Crippen molar-refractivity contribution in [1.29, 1.82) is 0 Å². The molecule has 0 radical (unpaired) electrons. The minimum Gasteiger partial charge on any atom is -0.480 e. The van der Waals surface area contributed by atoms with E-state index in [0.717, 1.165) is 0 Å². The standard InChI is InChI=1S/C15H30N6O5/c1-7(2)11(14(25)26)21-12(23)9(5-4-6-19-15(17)18)20-13(24)10(16)8(3)22/h7-11,22H,4-6,16H2,1-3H3,(H,20,24)(H,21,23)(H,25,26)(H4,17,18,19). The first-order valence-electron chi connectivity index (χ1n) is 8.30. The van der Waals surface area contributed by atoms with E-state index < -0.39 is 42.0 Å². The molecule has 11 nitrogen and oxygen atoms in total. The summed E-state index contributed by atoms with van der Waals surface area (Å²) in [6.45, 7) is 4.87. The molecule has 11 heteroatoms. The molecule has 0 spiro atoms. The van der Waals surface area contributed by atoms with Gasteiger partial charge in [-0.1, -0.05) is 13.8 Å². The summed E-state index contributed by atoms with van der Waals surface area (Å²) >= 11 is 0. The van der Waals surface area contributed by atoms with Crippen molar-refractivity contribution in [2.24, 2.45) is 28.1 Å². The molecule has 26 heavy (non-hydrogen) atoms. The van der Waals surface area contributed by atoms with Gasteiger partial charge in [-0.25, -0.2) is 4.79 Å². The van der Waals surface area contributed by atoms with Crippen molar-refractivity contribution in [2.45, 2.75) is 57.8 Å². The van der Waals surface area contributed by atoms with Gasteiger partial charge in [-0.05, 0) is 25.7 Å². The molecular formula is C15H30N6O5. The lowest BCUT2D eigenvalue weighted by molar-refractivity contribution is -0.143. The molecule has 0 aliphatic heterocycles. The molecule has 0 fully saturated rings. The Bertz CT molecular complexity index is 519. The number of nitrogens with two attached hydrogens (primary N) is 3. The lowest BCUT2D eigenvalue weighted by Crippen LogP contribution is -2.57. The van der Waals surface area contributed by atoms with E-state index in [4.69, 9.17) is 17.2 Å². The van der Waals surface area contributed by atoms with Crippen LogP contribution in [0.4, 0.5) is 0 Å². The molecule has 0 rings (SSSR count). The SMILES string of the molecule is CC(C)C(NC(=O)C(CCCN=C(N)N)NC(=O)C(N)C(C)O)C(=O)O. The van der Waals surface area contributed by atoms with Gasteiger partial charge in [-0.15, -0.1) is 0 Å². The zero-order chi connectivity index (χ0) is 20.4. The Balaban J connectivity index is 5.10. The molecule has 0 aromatic heterocycles. The molecule has 0 aliphatic carbocycles. The van der Waals surface area contributed by atoms with Crippen molar-refractivity contribution in [2.75, 3.05) is 6.54 Å². The number of aliphatic hydroxyl groups excluding tert-OH is 1. The second-order valence-electron chi connectivity index (χ2n) is 6.34. The largest absolute Gasteiger partial charge is 0.480 e. The van der Waals surface area contributed by atoms with Gasteiger partial charge in [0.1, 0.15) is 18.1 Å². The number of rotatable bonds is 11. The Kier molecular flexibility index (Phi) is 10.2. The predicted molar refractivity (Wildman–Crippen MR) is 95.9 cm³/mol. The highest BCUT2D eigenvalue weighted by Crippen LogP contribution is 2.05. The first kappa shape index (κ1) is 23.6. The van der Waals surface area contributed by atoms with Crippen LogP contribution in [0.3, 0.4) is 0 Å². The van der Waals surface area contributed by atoms with Gasteiger partial charge < -0.3 is 38.0 Å². The summed E-state index contributed by atoms with van der Waals surface area (Å²) in [5.74, 6) is -3.02. The van der Waals surface area contributed by atoms with Crippen molar-refractivity contribution in [3.8, 4) is 0 Å². The Morgan fingerprint density at radius 3 is 2.08 bits per heavy atom. The van der Waals surface area contributed by atoms with Crippen LogP contribution in [-0.4, -0.2) is 64.7 Å². The van der Waals surface area contributed by atoms with E-state index in [9.17, 15) is 24.6 Å². The number of carboxylic acids is 1. The summed E-state index contributed by atoms with van der Waals surface area (Å²) in [5.41, 5.74) is 16.0. The van der Waals surface area contributed by atoms with Crippen LogP contribution >= 0.6 is 0 Å². The second-order valence-corrected chi connectivity index (χ2v) is 6.34. The lowest BCUT2D eigenvalue weighted by atomic mass is 10.0. The highest BCUT2D eigenvalue weighted by Gasteiger charge is 2.30. The number of amides is 2. The topological polar surface area (TPSA) is 206 Å². The van der Waals surface area contributed by atoms with E-state index >= 15 is 0 Å². The number of carboxylic acid groups (broad SMARTS) is 1. The van der Waals surface area contributed by atoms with Crippen molar-refractivity contribution in [3.05, 3.63) is 0 Å². The summed E-state index contributed by atoms with van der Waals surface area (Å²) < 4.78 is 0. The van der Waals surface area contributed by atoms with E-state index in [-0.39, 0.29) is 24.8 Å². The van der Waals surface area contributed by atoms with Crippen molar-refractivity contribution in [1.82, 2.24) is 10.6 Å². The molecular weight excluding hydrogens is 344 g/mol. The average Bonchev–Trinajstić information content (AvgIpc) is 2.52. The smallest absolute Gasteiger partial charge is 0.326 e. The van der Waals surface area contributed by atoms with Crippen LogP contribution in [-0.2, 0) is 14.4 Å². The maximum absolute atomic E-state index is 12.4. The fourth-order valence-corrected chi connectivity index (χ4v) is 2.03. The number of nitrogens with one attached hydrogen (secondary N) is 2. The summed E-state index contributed by atoms with van der Waals surface area (Å²) in [6.07, 6.45) is -0.590. The Morgan fingerprint density at radius 2 is 1.65 bits per heavy atom. The number of hydrogen-bond donors (Lipinski definition) is 7. The number of aliphatic hydroxyl groups is 1. The summed E-state index contributed by atoms with van der Waals surface area (Å²) in [6, 6.07) is -3.37. The van der Waals surface area contributed by atoms with E-state index in [1.807, 2.05) is 0 Å². The van der Waals surface area contributed by atoms with Gasteiger partial charge in [0.15, 0.2) is 5.96 Å². The normalized spacial score (nSPS) is 15.5. The molecule has 0 aliphatic rings. The quantitative estimate of drug-likeness (QED) is 0.116. The lowest BCUT2D eigenvalue weighted by Gasteiger charge is -2.24. The molecule has 0 aromatic carbocycles. The highest BCUT2D eigenvalue weighted by molar-refractivity contribution is 5.92. The maximum Gasteiger partial charge on any atom is 0.326 e. The summed E-state index contributed by atoms with van der Waals surface area (Å²) in [5, 5.41) is 23.4. The van der Waals surface area contributed by atoms with Gasteiger partial charge in [0, 0.05) is 6.54 Å². The number of nitrogens with zero attached hydrogens (tertiary/aromatic N) is 1. The van der Waals surface area contributed by atoms with E-state index in [2.05, 4.69) is 15.6 Å². The minimum atomic E-state index is -1.22. The monoisotopic (exact) mass is 374 g/mol. The van der Waals surface area contributed by atoms with Crippen molar-refractivity contribution in [3.63, 3.8) is 0 Å². The summed E-state index contributed by atoms with van der Waals surface area (Å²) in [7, 11) is 0. The first-order chi connectivity index (χ1) is 12.0. The van der Waals surface area contributed by atoms with Crippen LogP contribution < -0.4 is 27.8 Å². The number of carbonyl (C=O) groups excluding carboxylic acids is 2. The average molecular weight is 374 g/mol. The Hall–Kier alpha value is -2.40. The first-order valence-corrected chi connectivity index (χ1v) is 8.30. The van der Waals surface area contributed by atoms with Crippen LogP contribution in [0.2, 0.25) is 0 Å². The number of aliphatic imine (C=N–C) groups is 1. The maximum atomic E-state index is 12.4. The third-order valence-electron chi connectivity index (χ3n) is 3.63. The third-order valence-corrected chi connectivity index (χ3v) is 3.63. The molecule has 4 atom stereocenters. The van der Waals surface area contributed by atoms with Crippen LogP contribution in [0, 0.1) is 5.92 Å². The van der Waals surface area contributed by atoms with Crippen molar-refractivity contribution >= 4 is 23.7 Å². The Morgan fingerprint density at radius 1 is 1.08 bits per heavy atom. The van der Waals surface area contributed by atoms with Crippen LogP contribution in [0.1, 0.15) is 33.6 Å². The molecule has 0 heterocycles. The molecule has 10 N–H and O–H groups in total. The van der Waals surface area contributed by atoms with Gasteiger partial charge in [-0.2, -0.15) is 0 Å². The van der Waals surface area contributed by atoms with Gasteiger partial charge in [0.05, 0.1) is 6.10 Å². The van der Waals surface area contributed by atoms with E-state index in [1.165, 1.54) is 6.92 Å². The zero-order valence-corrected chi connectivity index (χ0v) is 15.3. The van der Waals surface area contributed by atoms with E-state index in [1.54, 1.807) is 13.8 Å². The molecule has 150 valence electrons. The number of hydrogen-bond acceptors (Lipinski definition) is 6. The Labute approximate surface area is 152 Å².